The third-order valence-corrected chi connectivity index (χ3v) is 3.29. The van der Waals surface area contributed by atoms with Crippen LogP contribution < -0.4 is 0 Å². The summed E-state index contributed by atoms with van der Waals surface area (Å²) in [6.45, 7) is -0.289. The summed E-state index contributed by atoms with van der Waals surface area (Å²) in [5, 5.41) is 14.8. The van der Waals surface area contributed by atoms with Crippen molar-refractivity contribution in [1.29, 1.82) is 0 Å². The van der Waals surface area contributed by atoms with Gasteiger partial charge in [-0.1, -0.05) is 12.8 Å². The van der Waals surface area contributed by atoms with Crippen LogP contribution >= 0.6 is 0 Å². The highest BCUT2D eigenvalue weighted by molar-refractivity contribution is 5.31. The Morgan fingerprint density at radius 1 is 1.29 bits per heavy atom. The largest absolute Gasteiger partial charge is 0.435 e. The number of halogens is 3. The highest BCUT2D eigenvalue weighted by atomic mass is 19.4. The first-order valence-electron chi connectivity index (χ1n) is 5.79. The molecule has 1 aliphatic carbocycles. The highest BCUT2D eigenvalue weighted by Crippen LogP contribution is 2.39. The normalized spacial score (nSPS) is 17.9. The van der Waals surface area contributed by atoms with E-state index in [0.717, 1.165) is 25.7 Å². The lowest BCUT2D eigenvalue weighted by Crippen LogP contribution is -2.11. The lowest BCUT2D eigenvalue weighted by atomic mass is 9.97. The van der Waals surface area contributed by atoms with E-state index in [1.54, 1.807) is 0 Å². The van der Waals surface area contributed by atoms with Crippen molar-refractivity contribution in [2.45, 2.75) is 44.2 Å². The Hall–Kier alpha value is -1.04. The Labute approximate surface area is 97.0 Å². The zero-order valence-corrected chi connectivity index (χ0v) is 9.35. The summed E-state index contributed by atoms with van der Waals surface area (Å²) < 4.78 is 38.1. The molecule has 0 saturated heterocycles. The van der Waals surface area contributed by atoms with E-state index >= 15 is 0 Å². The van der Waals surface area contributed by atoms with Crippen LogP contribution in [0.2, 0.25) is 0 Å². The molecule has 0 bridgehead atoms. The molecule has 1 fully saturated rings. The number of alkyl halides is 3. The number of aromatic amines is 1. The average Bonchev–Trinajstić information content (AvgIpc) is 2.82. The number of aliphatic hydroxyl groups excluding tert-OH is 1. The number of nitrogens with one attached hydrogen (secondary N) is 1. The summed E-state index contributed by atoms with van der Waals surface area (Å²) in [5.41, 5.74) is -0.149. The van der Waals surface area contributed by atoms with Gasteiger partial charge in [-0.05, 0) is 19.3 Å². The summed E-state index contributed by atoms with van der Waals surface area (Å²) >= 11 is 0. The Morgan fingerprint density at radius 3 is 2.47 bits per heavy atom. The fraction of sp³-hybridized carbons (Fsp3) is 0.727. The molecule has 1 aromatic heterocycles. The third kappa shape index (κ3) is 2.46. The van der Waals surface area contributed by atoms with Crippen molar-refractivity contribution in [2.24, 2.45) is 0 Å². The fourth-order valence-electron chi connectivity index (χ4n) is 2.53. The summed E-state index contributed by atoms with van der Waals surface area (Å²) in [7, 11) is 0. The minimum Gasteiger partial charge on any atom is -0.396 e. The number of H-pyrrole nitrogens is 1. The third-order valence-electron chi connectivity index (χ3n) is 3.29. The Bertz CT molecular complexity index is 381. The van der Waals surface area contributed by atoms with Crippen molar-refractivity contribution in [2.75, 3.05) is 6.61 Å². The highest BCUT2D eigenvalue weighted by Gasteiger charge is 2.38. The maximum absolute atomic E-state index is 12.7. The average molecular weight is 248 g/mol. The van der Waals surface area contributed by atoms with Crippen LogP contribution in [-0.2, 0) is 12.6 Å². The SMILES string of the molecule is OCCc1c(C(F)(F)F)n[nH]c1C1CCCC1. The van der Waals surface area contributed by atoms with Crippen molar-refractivity contribution in [3.8, 4) is 0 Å². The molecule has 3 nitrogen and oxygen atoms in total. The van der Waals surface area contributed by atoms with Gasteiger partial charge >= 0.3 is 6.18 Å². The van der Waals surface area contributed by atoms with Crippen LogP contribution in [0.1, 0.15) is 48.6 Å². The molecule has 6 heteroatoms. The van der Waals surface area contributed by atoms with Gasteiger partial charge in [0.1, 0.15) is 0 Å². The second-order valence-electron chi connectivity index (χ2n) is 4.42. The first-order valence-corrected chi connectivity index (χ1v) is 5.79. The van der Waals surface area contributed by atoms with Gasteiger partial charge in [-0.25, -0.2) is 0 Å². The molecule has 2 rings (SSSR count). The molecular formula is C11H15F3N2O. The van der Waals surface area contributed by atoms with Crippen LogP contribution in [0.4, 0.5) is 13.2 Å². The van der Waals surface area contributed by atoms with E-state index in [2.05, 4.69) is 10.2 Å². The molecule has 0 spiro atoms. The molecule has 0 amide bonds. The van der Waals surface area contributed by atoms with Gasteiger partial charge in [0, 0.05) is 23.8 Å². The van der Waals surface area contributed by atoms with E-state index in [4.69, 9.17) is 5.11 Å². The second kappa shape index (κ2) is 4.68. The fourth-order valence-corrected chi connectivity index (χ4v) is 2.53. The maximum atomic E-state index is 12.7. The van der Waals surface area contributed by atoms with Crippen LogP contribution in [-0.4, -0.2) is 21.9 Å². The van der Waals surface area contributed by atoms with Gasteiger partial charge in [-0.15, -0.1) is 0 Å². The predicted octanol–water partition coefficient (Wildman–Crippen LogP) is 2.62. The number of aliphatic hydroxyl groups is 1. The zero-order chi connectivity index (χ0) is 12.5. The number of rotatable bonds is 3. The number of hydrogen-bond acceptors (Lipinski definition) is 2. The summed E-state index contributed by atoms with van der Waals surface area (Å²) in [5.74, 6) is 0.139. The van der Waals surface area contributed by atoms with E-state index in [0.29, 0.717) is 5.69 Å². The number of hydrogen-bond donors (Lipinski definition) is 2. The summed E-state index contributed by atoms with van der Waals surface area (Å²) in [6.07, 6.45) is -0.544. The van der Waals surface area contributed by atoms with Gasteiger partial charge in [0.05, 0.1) is 0 Å². The molecule has 0 atom stereocenters. The standard InChI is InChI=1S/C11H15F3N2O/c12-11(13,14)10-8(5-6-17)9(15-16-10)7-3-1-2-4-7/h7,17H,1-6H2,(H,15,16). The molecule has 96 valence electrons. The molecule has 1 aromatic rings. The monoisotopic (exact) mass is 248 g/mol. The topological polar surface area (TPSA) is 48.9 Å². The van der Waals surface area contributed by atoms with Gasteiger partial charge in [-0.2, -0.15) is 18.3 Å². The van der Waals surface area contributed by atoms with E-state index in [1.165, 1.54) is 0 Å². The smallest absolute Gasteiger partial charge is 0.396 e. The number of nitrogens with zero attached hydrogens (tertiary/aromatic N) is 1. The van der Waals surface area contributed by atoms with Crippen LogP contribution in [0.25, 0.3) is 0 Å². The molecule has 0 radical (unpaired) electrons. The molecule has 0 aliphatic heterocycles. The van der Waals surface area contributed by atoms with Crippen LogP contribution in [0.15, 0.2) is 0 Å². The Kier molecular flexibility index (Phi) is 3.42. The molecule has 0 aromatic carbocycles. The van der Waals surface area contributed by atoms with Gasteiger partial charge in [0.25, 0.3) is 0 Å². The van der Waals surface area contributed by atoms with Gasteiger partial charge in [0.2, 0.25) is 0 Å². The first-order chi connectivity index (χ1) is 8.04. The van der Waals surface area contributed by atoms with Crippen molar-refractivity contribution in [3.63, 3.8) is 0 Å². The van der Waals surface area contributed by atoms with E-state index in [1.807, 2.05) is 0 Å². The molecule has 1 saturated carbocycles. The molecule has 17 heavy (non-hydrogen) atoms. The summed E-state index contributed by atoms with van der Waals surface area (Å²) in [6, 6.07) is 0. The molecule has 2 N–H and O–H groups in total. The lowest BCUT2D eigenvalue weighted by Gasteiger charge is -2.11. The van der Waals surface area contributed by atoms with Crippen molar-refractivity contribution < 1.29 is 18.3 Å². The van der Waals surface area contributed by atoms with Crippen LogP contribution in [0, 0.1) is 0 Å². The minimum atomic E-state index is -4.45. The van der Waals surface area contributed by atoms with E-state index in [-0.39, 0.29) is 24.5 Å². The van der Waals surface area contributed by atoms with Gasteiger partial charge in [-0.3, -0.25) is 5.10 Å². The van der Waals surface area contributed by atoms with Crippen LogP contribution in [0.5, 0.6) is 0 Å². The number of aromatic nitrogens is 2. The molecule has 0 unspecified atom stereocenters. The zero-order valence-electron chi connectivity index (χ0n) is 9.35. The van der Waals surface area contributed by atoms with E-state index < -0.39 is 11.9 Å². The molecule has 1 aliphatic rings. The lowest BCUT2D eigenvalue weighted by molar-refractivity contribution is -0.141. The Balaban J connectivity index is 2.35. The Morgan fingerprint density at radius 2 is 1.94 bits per heavy atom. The quantitative estimate of drug-likeness (QED) is 0.863. The molecule has 1 heterocycles. The predicted molar refractivity (Wildman–Crippen MR) is 55.6 cm³/mol. The van der Waals surface area contributed by atoms with Crippen molar-refractivity contribution in [1.82, 2.24) is 10.2 Å². The van der Waals surface area contributed by atoms with E-state index in [9.17, 15) is 13.2 Å². The summed E-state index contributed by atoms with van der Waals surface area (Å²) in [4.78, 5) is 0. The van der Waals surface area contributed by atoms with Gasteiger partial charge < -0.3 is 5.11 Å². The first kappa shape index (κ1) is 12.4. The second-order valence-corrected chi connectivity index (χ2v) is 4.42. The maximum Gasteiger partial charge on any atom is 0.435 e. The van der Waals surface area contributed by atoms with Crippen molar-refractivity contribution >= 4 is 0 Å². The van der Waals surface area contributed by atoms with Crippen LogP contribution in [0.3, 0.4) is 0 Å². The van der Waals surface area contributed by atoms with Crippen molar-refractivity contribution in [3.05, 3.63) is 17.0 Å². The van der Waals surface area contributed by atoms with Gasteiger partial charge in [0.15, 0.2) is 5.69 Å². The minimum absolute atomic E-state index is 0.0111. The molecular weight excluding hydrogens is 233 g/mol.